The summed E-state index contributed by atoms with van der Waals surface area (Å²) in [6.45, 7) is 2.54. The van der Waals surface area contributed by atoms with Gasteiger partial charge in [0.25, 0.3) is 5.69 Å². The fourth-order valence-corrected chi connectivity index (χ4v) is 7.08. The predicted octanol–water partition coefficient (Wildman–Crippen LogP) is 2.32. The first-order chi connectivity index (χ1) is 13.2. The van der Waals surface area contributed by atoms with Crippen molar-refractivity contribution in [3.63, 3.8) is 0 Å². The van der Waals surface area contributed by atoms with Crippen LogP contribution in [0.4, 0.5) is 5.69 Å². The lowest BCUT2D eigenvalue weighted by molar-refractivity contribution is -0.385. The van der Waals surface area contributed by atoms with Gasteiger partial charge in [-0.25, -0.2) is 13.4 Å². The van der Waals surface area contributed by atoms with Crippen LogP contribution in [0, 0.1) is 17.0 Å². The SMILES string of the molecule is Cc1nc(Sc2ccc([N+](=O)[O-])cc2S(=O)(=O)N2CCCC2)sc1CC(N)=O. The maximum atomic E-state index is 13.0. The molecule has 3 rings (SSSR count). The Labute approximate surface area is 170 Å². The van der Waals surface area contributed by atoms with E-state index in [9.17, 15) is 23.3 Å². The fraction of sp³-hybridized carbons (Fsp3) is 0.375. The van der Waals surface area contributed by atoms with Crippen molar-refractivity contribution in [1.29, 1.82) is 0 Å². The molecule has 1 saturated heterocycles. The van der Waals surface area contributed by atoms with Crippen molar-refractivity contribution < 1.29 is 18.1 Å². The van der Waals surface area contributed by atoms with E-state index in [0.717, 1.165) is 30.7 Å². The van der Waals surface area contributed by atoms with Gasteiger partial charge in [-0.1, -0.05) is 11.8 Å². The minimum Gasteiger partial charge on any atom is -0.369 e. The Balaban J connectivity index is 2.01. The molecule has 150 valence electrons. The second-order valence-corrected chi connectivity index (χ2v) is 10.5. The number of non-ortho nitro benzene ring substituents is 1. The molecule has 0 bridgehead atoms. The van der Waals surface area contributed by atoms with Crippen LogP contribution < -0.4 is 5.73 Å². The lowest BCUT2D eigenvalue weighted by Crippen LogP contribution is -2.28. The predicted molar refractivity (Wildman–Crippen MR) is 105 cm³/mol. The average Bonchev–Trinajstić information content (AvgIpc) is 3.25. The third-order valence-electron chi connectivity index (χ3n) is 4.23. The molecule has 2 heterocycles. The number of rotatable bonds is 7. The highest BCUT2D eigenvalue weighted by atomic mass is 32.2. The monoisotopic (exact) mass is 442 g/mol. The van der Waals surface area contributed by atoms with Crippen molar-refractivity contribution in [2.45, 2.75) is 40.3 Å². The van der Waals surface area contributed by atoms with Crippen molar-refractivity contribution in [1.82, 2.24) is 9.29 Å². The van der Waals surface area contributed by atoms with Gasteiger partial charge in [-0.05, 0) is 25.8 Å². The molecule has 12 heteroatoms. The number of nitrogens with two attached hydrogens (primary N) is 1. The highest BCUT2D eigenvalue weighted by Crippen LogP contribution is 2.39. The fourth-order valence-electron chi connectivity index (χ4n) is 2.83. The van der Waals surface area contributed by atoms with Gasteiger partial charge in [0, 0.05) is 35.0 Å². The Kier molecular flexibility index (Phi) is 6.03. The topological polar surface area (TPSA) is 136 Å². The molecule has 1 aliphatic heterocycles. The van der Waals surface area contributed by atoms with Crippen LogP contribution in [-0.2, 0) is 21.2 Å². The quantitative estimate of drug-likeness (QED) is 0.513. The number of hydrogen-bond acceptors (Lipinski definition) is 8. The second-order valence-electron chi connectivity index (χ2n) is 6.23. The Morgan fingerprint density at radius 1 is 1.39 bits per heavy atom. The summed E-state index contributed by atoms with van der Waals surface area (Å²) < 4.78 is 28.0. The summed E-state index contributed by atoms with van der Waals surface area (Å²) >= 11 is 2.36. The first-order valence-corrected chi connectivity index (χ1v) is 11.5. The third-order valence-corrected chi connectivity index (χ3v) is 8.59. The molecule has 0 unspecified atom stereocenters. The molecular formula is C16H18N4O5S3. The lowest BCUT2D eigenvalue weighted by Gasteiger charge is -2.17. The van der Waals surface area contributed by atoms with Crippen LogP contribution in [0.1, 0.15) is 23.4 Å². The molecule has 1 aromatic carbocycles. The molecular weight excluding hydrogens is 424 g/mol. The molecule has 0 spiro atoms. The van der Waals surface area contributed by atoms with Crippen LogP contribution in [0.3, 0.4) is 0 Å². The van der Waals surface area contributed by atoms with Gasteiger partial charge in [0.2, 0.25) is 15.9 Å². The number of carbonyl (C=O) groups excluding carboxylic acids is 1. The number of aryl methyl sites for hydroxylation is 1. The van der Waals surface area contributed by atoms with Gasteiger partial charge in [0.1, 0.15) is 4.90 Å². The number of nitro groups is 1. The lowest BCUT2D eigenvalue weighted by atomic mass is 10.3. The molecule has 0 saturated carbocycles. The van der Waals surface area contributed by atoms with Gasteiger partial charge < -0.3 is 5.73 Å². The minimum atomic E-state index is -3.86. The van der Waals surface area contributed by atoms with E-state index in [1.54, 1.807) is 6.92 Å². The maximum Gasteiger partial charge on any atom is 0.270 e. The molecule has 2 N–H and O–H groups in total. The Morgan fingerprint density at radius 2 is 2.07 bits per heavy atom. The summed E-state index contributed by atoms with van der Waals surface area (Å²) in [5.41, 5.74) is 5.60. The van der Waals surface area contributed by atoms with E-state index in [1.165, 1.54) is 27.8 Å². The molecule has 0 radical (unpaired) electrons. The first kappa shape index (κ1) is 20.7. The van der Waals surface area contributed by atoms with Gasteiger partial charge in [0.05, 0.1) is 17.0 Å². The van der Waals surface area contributed by atoms with E-state index in [2.05, 4.69) is 4.98 Å². The normalized spacial score (nSPS) is 15.0. The highest BCUT2D eigenvalue weighted by molar-refractivity contribution is 8.01. The van der Waals surface area contributed by atoms with Crippen LogP contribution in [0.5, 0.6) is 0 Å². The summed E-state index contributed by atoms with van der Waals surface area (Å²) in [5.74, 6) is -0.476. The standard InChI is InChI=1S/C16H18N4O5S3/c1-10-13(9-15(17)21)27-16(18-10)26-12-5-4-11(20(22)23)8-14(12)28(24,25)19-6-2-3-7-19/h4-5,8H,2-3,6-7,9H2,1H3,(H2,17,21). The Hall–Kier alpha value is -2.02. The van der Waals surface area contributed by atoms with Crippen LogP contribution in [0.25, 0.3) is 0 Å². The number of thiazole rings is 1. The van der Waals surface area contributed by atoms with E-state index in [0.29, 0.717) is 32.9 Å². The molecule has 1 amide bonds. The maximum absolute atomic E-state index is 13.0. The molecule has 9 nitrogen and oxygen atoms in total. The summed E-state index contributed by atoms with van der Waals surface area (Å²) in [5, 5.41) is 11.2. The summed E-state index contributed by atoms with van der Waals surface area (Å²) in [7, 11) is -3.86. The number of primary amides is 1. The van der Waals surface area contributed by atoms with Crippen molar-refractivity contribution in [2.24, 2.45) is 5.73 Å². The average molecular weight is 443 g/mol. The molecule has 1 aromatic heterocycles. The zero-order valence-corrected chi connectivity index (χ0v) is 17.4. The third kappa shape index (κ3) is 4.35. The van der Waals surface area contributed by atoms with Gasteiger partial charge in [0.15, 0.2) is 4.34 Å². The number of amides is 1. The first-order valence-electron chi connectivity index (χ1n) is 8.39. The molecule has 2 aromatic rings. The number of carbonyl (C=O) groups is 1. The van der Waals surface area contributed by atoms with Crippen molar-refractivity contribution >= 4 is 44.7 Å². The van der Waals surface area contributed by atoms with E-state index in [1.807, 2.05) is 0 Å². The zero-order chi connectivity index (χ0) is 20.5. The molecule has 0 atom stereocenters. The van der Waals surface area contributed by atoms with E-state index in [4.69, 9.17) is 5.73 Å². The number of nitrogens with zero attached hydrogens (tertiary/aromatic N) is 3. The summed E-state index contributed by atoms with van der Waals surface area (Å²) in [6.07, 6.45) is 1.58. The van der Waals surface area contributed by atoms with Gasteiger partial charge >= 0.3 is 0 Å². The van der Waals surface area contributed by atoms with E-state index >= 15 is 0 Å². The number of aromatic nitrogens is 1. The number of nitro benzene ring substituents is 1. The van der Waals surface area contributed by atoms with Crippen molar-refractivity contribution in [3.05, 3.63) is 38.9 Å². The van der Waals surface area contributed by atoms with Crippen molar-refractivity contribution in [2.75, 3.05) is 13.1 Å². The smallest absolute Gasteiger partial charge is 0.270 e. The van der Waals surface area contributed by atoms with Crippen LogP contribution in [0.15, 0.2) is 32.3 Å². The minimum absolute atomic E-state index is 0.0588. The second kappa shape index (κ2) is 8.15. The van der Waals surface area contributed by atoms with Crippen molar-refractivity contribution in [3.8, 4) is 0 Å². The van der Waals surface area contributed by atoms with Crippen LogP contribution in [0.2, 0.25) is 0 Å². The Bertz CT molecular complexity index is 1030. The summed E-state index contributed by atoms with van der Waals surface area (Å²) in [6, 6.07) is 3.80. The van der Waals surface area contributed by atoms with E-state index < -0.39 is 20.9 Å². The van der Waals surface area contributed by atoms with Gasteiger partial charge in [-0.2, -0.15) is 4.31 Å². The Morgan fingerprint density at radius 3 is 2.68 bits per heavy atom. The molecule has 1 fully saturated rings. The van der Waals surface area contributed by atoms with Gasteiger partial charge in [-0.15, -0.1) is 11.3 Å². The zero-order valence-electron chi connectivity index (χ0n) is 15.0. The molecule has 28 heavy (non-hydrogen) atoms. The number of hydrogen-bond donors (Lipinski definition) is 1. The van der Waals surface area contributed by atoms with Gasteiger partial charge in [-0.3, -0.25) is 14.9 Å². The molecule has 0 aliphatic carbocycles. The van der Waals surface area contributed by atoms with Crippen LogP contribution >= 0.6 is 23.1 Å². The van der Waals surface area contributed by atoms with E-state index in [-0.39, 0.29) is 17.0 Å². The number of benzene rings is 1. The number of sulfonamides is 1. The summed E-state index contributed by atoms with van der Waals surface area (Å²) in [4.78, 5) is 27.0. The molecule has 1 aliphatic rings. The highest BCUT2D eigenvalue weighted by Gasteiger charge is 2.31. The largest absolute Gasteiger partial charge is 0.369 e. The van der Waals surface area contributed by atoms with Crippen LogP contribution in [-0.4, -0.2) is 41.6 Å².